The minimum absolute atomic E-state index is 0.0181. The van der Waals surface area contributed by atoms with Crippen molar-refractivity contribution in [1.82, 2.24) is 14.4 Å². The number of hydrogen-bond acceptors (Lipinski definition) is 10. The van der Waals surface area contributed by atoms with E-state index in [0.717, 1.165) is 71.6 Å². The van der Waals surface area contributed by atoms with Gasteiger partial charge in [-0.05, 0) is 85.4 Å². The first-order valence-electron chi connectivity index (χ1n) is 20.2. The summed E-state index contributed by atoms with van der Waals surface area (Å²) in [5.74, 6) is 0.388. The van der Waals surface area contributed by atoms with E-state index >= 15 is 0 Å². The number of esters is 2. The Bertz CT molecular complexity index is 2190. The van der Waals surface area contributed by atoms with Gasteiger partial charge in [-0.15, -0.1) is 0 Å². The fourth-order valence-electron chi connectivity index (χ4n) is 13.5. The molecule has 11 rings (SSSR count). The fourth-order valence-corrected chi connectivity index (χ4v) is 13.5. The highest BCUT2D eigenvalue weighted by molar-refractivity contribution is 5.94. The molecule has 11 heteroatoms. The number of rotatable bonds is 8. The van der Waals surface area contributed by atoms with Crippen molar-refractivity contribution in [2.24, 2.45) is 17.3 Å². The maximum Gasteiger partial charge on any atom is 0.335 e. The molecule has 2 aromatic carbocycles. The van der Waals surface area contributed by atoms with Crippen LogP contribution in [0.15, 0.2) is 65.4 Å². The zero-order chi connectivity index (χ0) is 38.0. The van der Waals surface area contributed by atoms with Crippen LogP contribution in [0.5, 0.6) is 5.75 Å². The molecule has 3 aromatic rings. The number of methoxy groups -OCH3 is 3. The molecule has 1 spiro atoms. The Labute approximate surface area is 321 Å². The highest BCUT2D eigenvalue weighted by Gasteiger charge is 2.68. The van der Waals surface area contributed by atoms with Crippen LogP contribution in [0, 0.1) is 17.3 Å². The van der Waals surface area contributed by atoms with Gasteiger partial charge < -0.3 is 34.3 Å². The Morgan fingerprint density at radius 1 is 1.07 bits per heavy atom. The number of piperidine rings is 2. The Balaban J connectivity index is 1.18. The van der Waals surface area contributed by atoms with Crippen LogP contribution in [0.25, 0.3) is 10.9 Å². The van der Waals surface area contributed by atoms with E-state index in [0.29, 0.717) is 44.3 Å². The van der Waals surface area contributed by atoms with Gasteiger partial charge in [0, 0.05) is 84.2 Å². The molecule has 6 aliphatic heterocycles. The maximum absolute atomic E-state index is 14.7. The molecular weight excluding hydrogens is 697 g/mol. The van der Waals surface area contributed by atoms with Crippen LogP contribution in [0.3, 0.4) is 0 Å². The predicted octanol–water partition coefficient (Wildman–Crippen LogP) is 4.63. The minimum atomic E-state index is -0.965. The second-order valence-electron chi connectivity index (χ2n) is 17.3. The average molecular weight is 749 g/mol. The molecule has 9 atom stereocenters. The molecule has 1 unspecified atom stereocenters. The SMILES string of the molecule is CC[C@H]1C[C@H]2C[C@@]3(C(=O)OC)c4c(c5cc(OC)ccc5n4CC4=C[C@@]5(CCO)CC(C(=O)OC)=C6Nc7ccccc7[C@@]67CCN(C4)[C@@H]57)CCN([C@@H]2O)[C@@H]13. The van der Waals surface area contributed by atoms with Crippen LogP contribution >= 0.6 is 0 Å². The van der Waals surface area contributed by atoms with E-state index in [1.807, 2.05) is 12.1 Å². The van der Waals surface area contributed by atoms with Gasteiger partial charge in [0.15, 0.2) is 0 Å². The molecule has 8 aliphatic rings. The van der Waals surface area contributed by atoms with Crippen LogP contribution in [0.1, 0.15) is 62.3 Å². The molecule has 55 heavy (non-hydrogen) atoms. The number of aromatic nitrogens is 1. The van der Waals surface area contributed by atoms with Crippen molar-refractivity contribution in [2.75, 3.05) is 52.9 Å². The first-order chi connectivity index (χ1) is 26.7. The molecule has 3 N–H and O–H groups in total. The largest absolute Gasteiger partial charge is 0.497 e. The Hall–Kier alpha value is -4.16. The van der Waals surface area contributed by atoms with Gasteiger partial charge in [0.25, 0.3) is 0 Å². The first kappa shape index (κ1) is 35.3. The fraction of sp³-hybridized carbons (Fsp3) is 0.545. The number of carbonyl (C=O) groups excluding carboxylic acids is 2. The van der Waals surface area contributed by atoms with Gasteiger partial charge in [-0.3, -0.25) is 14.6 Å². The summed E-state index contributed by atoms with van der Waals surface area (Å²) in [6, 6.07) is 14.5. The summed E-state index contributed by atoms with van der Waals surface area (Å²) in [5.41, 5.74) is 6.28. The number of carbonyl (C=O) groups is 2. The average Bonchev–Trinajstić information content (AvgIpc) is 3.83. The number of aliphatic hydroxyl groups is 2. The summed E-state index contributed by atoms with van der Waals surface area (Å²) in [4.78, 5) is 33.3. The highest BCUT2D eigenvalue weighted by atomic mass is 16.5. The second-order valence-corrected chi connectivity index (χ2v) is 17.3. The number of anilines is 1. The van der Waals surface area contributed by atoms with Gasteiger partial charge in [-0.25, -0.2) is 4.79 Å². The third kappa shape index (κ3) is 4.46. The van der Waals surface area contributed by atoms with Crippen LogP contribution in [0.2, 0.25) is 0 Å². The Morgan fingerprint density at radius 2 is 1.91 bits per heavy atom. The van der Waals surface area contributed by atoms with E-state index in [-0.39, 0.29) is 42.5 Å². The minimum Gasteiger partial charge on any atom is -0.497 e. The topological polar surface area (TPSA) is 126 Å². The van der Waals surface area contributed by atoms with Crippen molar-refractivity contribution < 1.29 is 34.0 Å². The summed E-state index contributed by atoms with van der Waals surface area (Å²) in [6.07, 6.45) is 6.63. The van der Waals surface area contributed by atoms with Crippen LogP contribution in [-0.4, -0.2) is 102 Å². The van der Waals surface area contributed by atoms with Gasteiger partial charge in [-0.1, -0.05) is 37.6 Å². The van der Waals surface area contributed by atoms with Crippen molar-refractivity contribution in [1.29, 1.82) is 0 Å². The lowest BCUT2D eigenvalue weighted by molar-refractivity contribution is -0.197. The number of fused-ring (bicyclic) bond motifs is 5. The molecule has 11 nitrogen and oxygen atoms in total. The lowest BCUT2D eigenvalue weighted by atomic mass is 9.54. The third-order valence-electron chi connectivity index (χ3n) is 15.1. The molecule has 2 aliphatic carbocycles. The molecule has 1 saturated carbocycles. The number of nitrogens with one attached hydrogen (secondary N) is 1. The van der Waals surface area contributed by atoms with Gasteiger partial charge in [0.05, 0.1) is 32.3 Å². The molecule has 4 fully saturated rings. The number of hydrogen-bond donors (Lipinski definition) is 3. The summed E-state index contributed by atoms with van der Waals surface area (Å²) in [6.45, 7) is 4.94. The molecular formula is C44H52N4O7. The van der Waals surface area contributed by atoms with Crippen molar-refractivity contribution >= 4 is 28.5 Å². The van der Waals surface area contributed by atoms with Crippen LogP contribution in [0.4, 0.5) is 5.69 Å². The summed E-state index contributed by atoms with van der Waals surface area (Å²) in [5, 5.41) is 27.3. The van der Waals surface area contributed by atoms with Crippen LogP contribution in [-0.2, 0) is 42.9 Å². The summed E-state index contributed by atoms with van der Waals surface area (Å²) >= 11 is 0. The normalized spacial score (nSPS) is 35.3. The first-order valence-corrected chi connectivity index (χ1v) is 20.2. The van der Waals surface area contributed by atoms with Crippen molar-refractivity contribution in [3.8, 4) is 5.75 Å². The molecule has 3 saturated heterocycles. The van der Waals surface area contributed by atoms with E-state index < -0.39 is 22.5 Å². The van der Waals surface area contributed by atoms with E-state index in [1.165, 1.54) is 25.4 Å². The lowest BCUT2D eigenvalue weighted by Crippen LogP contribution is -2.71. The second kappa shape index (κ2) is 12.4. The lowest BCUT2D eigenvalue weighted by Gasteiger charge is -2.60. The number of ether oxygens (including phenoxy) is 3. The zero-order valence-corrected chi connectivity index (χ0v) is 32.3. The summed E-state index contributed by atoms with van der Waals surface area (Å²) in [7, 11) is 4.64. The van der Waals surface area contributed by atoms with Gasteiger partial charge in [-0.2, -0.15) is 0 Å². The molecule has 0 radical (unpaired) electrons. The number of benzene rings is 2. The quantitative estimate of drug-likeness (QED) is 0.222. The molecule has 7 heterocycles. The van der Waals surface area contributed by atoms with E-state index in [9.17, 15) is 19.8 Å². The van der Waals surface area contributed by atoms with Crippen LogP contribution < -0.4 is 10.1 Å². The monoisotopic (exact) mass is 748 g/mol. The molecule has 1 aromatic heterocycles. The van der Waals surface area contributed by atoms with Crippen molar-refractivity contribution in [3.05, 3.63) is 82.2 Å². The predicted molar refractivity (Wildman–Crippen MR) is 206 cm³/mol. The molecule has 290 valence electrons. The third-order valence-corrected chi connectivity index (χ3v) is 15.1. The number of nitrogens with zero attached hydrogens (tertiary/aromatic N) is 3. The summed E-state index contributed by atoms with van der Waals surface area (Å²) < 4.78 is 19.5. The van der Waals surface area contributed by atoms with E-state index in [1.54, 1.807) is 7.11 Å². The van der Waals surface area contributed by atoms with Gasteiger partial charge in [0.2, 0.25) is 0 Å². The highest BCUT2D eigenvalue weighted by Crippen LogP contribution is 2.65. The molecule has 4 bridgehead atoms. The number of para-hydroxylation sites is 1. The van der Waals surface area contributed by atoms with Gasteiger partial charge >= 0.3 is 11.9 Å². The van der Waals surface area contributed by atoms with E-state index in [2.05, 4.69) is 63.0 Å². The smallest absolute Gasteiger partial charge is 0.335 e. The Morgan fingerprint density at radius 3 is 2.67 bits per heavy atom. The molecule has 0 amide bonds. The number of aliphatic hydroxyl groups excluding tert-OH is 2. The van der Waals surface area contributed by atoms with Gasteiger partial charge in [0.1, 0.15) is 17.4 Å². The van der Waals surface area contributed by atoms with E-state index in [4.69, 9.17) is 14.2 Å². The van der Waals surface area contributed by atoms with Crippen molar-refractivity contribution in [3.63, 3.8) is 0 Å². The Kier molecular flexibility index (Phi) is 7.96. The van der Waals surface area contributed by atoms with Crippen molar-refractivity contribution in [2.45, 2.75) is 87.6 Å². The maximum atomic E-state index is 14.7. The standard InChI is InChI=1S/C44H52N4O7/c1-5-26-18-27-21-44(41(52)55-4)36(26)47(38(27)50)15-12-29-30-19-28(53-2)10-11-34(30)48(37(29)44)24-25-20-42(14-17-49)22-31(39(51)54-3)35-43(13-16-46(23-25)40(42)43)32-8-6-7-9-33(32)45-35/h6-11,19-20,26-27,36,38,40,45,49-50H,5,12-18,21-24H2,1-4H3/t26-,27-,36-,38+,40-,42-,43-,44-/m0/s1. The zero-order valence-electron chi connectivity index (χ0n) is 32.3.